The lowest BCUT2D eigenvalue weighted by Crippen LogP contribution is -2.32. The minimum Gasteiger partial charge on any atom is -0.352 e. The quantitative estimate of drug-likeness (QED) is 0.850. The van der Waals surface area contributed by atoms with Crippen molar-refractivity contribution in [2.45, 2.75) is 81.3 Å². The van der Waals surface area contributed by atoms with Gasteiger partial charge in [0.05, 0.1) is 5.25 Å². The van der Waals surface area contributed by atoms with Gasteiger partial charge in [-0.25, -0.2) is 0 Å². The molecule has 0 radical (unpaired) electrons. The Morgan fingerprint density at radius 3 is 2.62 bits per heavy atom. The summed E-state index contributed by atoms with van der Waals surface area (Å²) in [6.45, 7) is 3.97. The highest BCUT2D eigenvalue weighted by atomic mass is 32.2. The first kappa shape index (κ1) is 14.9. The van der Waals surface area contributed by atoms with Crippen molar-refractivity contribution in [1.82, 2.24) is 20.1 Å². The summed E-state index contributed by atoms with van der Waals surface area (Å²) in [5.41, 5.74) is 0. The van der Waals surface area contributed by atoms with Crippen LogP contribution in [0.3, 0.4) is 0 Å². The third-order valence-electron chi connectivity index (χ3n) is 4.35. The van der Waals surface area contributed by atoms with Crippen molar-refractivity contribution in [2.75, 3.05) is 0 Å². The minimum absolute atomic E-state index is 0.114. The lowest BCUT2D eigenvalue weighted by Gasteiger charge is -2.25. The number of hydrogen-bond donors (Lipinski definition) is 1. The molecule has 0 aromatic carbocycles. The highest BCUT2D eigenvalue weighted by molar-refractivity contribution is 8.00. The van der Waals surface area contributed by atoms with E-state index in [0.29, 0.717) is 12.1 Å². The molecule has 0 spiro atoms. The van der Waals surface area contributed by atoms with Crippen molar-refractivity contribution >= 4 is 17.7 Å². The molecule has 3 rings (SSSR count). The van der Waals surface area contributed by atoms with Crippen LogP contribution < -0.4 is 5.32 Å². The fourth-order valence-corrected chi connectivity index (χ4v) is 3.92. The molecule has 21 heavy (non-hydrogen) atoms. The molecule has 1 atom stereocenters. The van der Waals surface area contributed by atoms with Crippen LogP contribution in [0.5, 0.6) is 0 Å². The highest BCUT2D eigenvalue weighted by Crippen LogP contribution is 2.33. The standard InChI is InChI=1S/C15H24N4OS/c1-10(14(20)16-12-8-9-12)21-15-18-17-11(2)19(15)13-6-4-3-5-7-13/h10,12-13H,3-9H2,1-2H3,(H,16,20). The number of rotatable bonds is 5. The van der Waals surface area contributed by atoms with Crippen molar-refractivity contribution in [3.8, 4) is 0 Å². The number of carbonyl (C=O) groups excluding carboxylic acids is 1. The summed E-state index contributed by atoms with van der Waals surface area (Å²) in [5, 5.41) is 12.4. The van der Waals surface area contributed by atoms with E-state index in [4.69, 9.17) is 0 Å². The van der Waals surface area contributed by atoms with Gasteiger partial charge in [-0.15, -0.1) is 10.2 Å². The van der Waals surface area contributed by atoms with Crippen molar-refractivity contribution in [2.24, 2.45) is 0 Å². The fraction of sp³-hybridized carbons (Fsp3) is 0.800. The van der Waals surface area contributed by atoms with Crippen LogP contribution in [0, 0.1) is 6.92 Å². The van der Waals surface area contributed by atoms with Crippen molar-refractivity contribution in [3.05, 3.63) is 5.82 Å². The number of aryl methyl sites for hydroxylation is 1. The molecule has 2 fully saturated rings. The van der Waals surface area contributed by atoms with Crippen LogP contribution in [0.4, 0.5) is 0 Å². The molecule has 2 aliphatic carbocycles. The summed E-state index contributed by atoms with van der Waals surface area (Å²) in [6, 6.07) is 0.924. The lowest BCUT2D eigenvalue weighted by atomic mass is 9.95. The molecule has 1 aromatic rings. The Morgan fingerprint density at radius 1 is 1.24 bits per heavy atom. The van der Waals surface area contributed by atoms with E-state index >= 15 is 0 Å². The number of nitrogens with zero attached hydrogens (tertiary/aromatic N) is 3. The summed E-state index contributed by atoms with van der Waals surface area (Å²) >= 11 is 1.54. The topological polar surface area (TPSA) is 59.8 Å². The number of aromatic nitrogens is 3. The molecule has 6 heteroatoms. The molecule has 2 aliphatic rings. The molecular formula is C15H24N4OS. The number of thioether (sulfide) groups is 1. The van der Waals surface area contributed by atoms with Crippen LogP contribution in [0.1, 0.15) is 63.7 Å². The van der Waals surface area contributed by atoms with Crippen LogP contribution in [-0.4, -0.2) is 32.0 Å². The summed E-state index contributed by atoms with van der Waals surface area (Å²) < 4.78 is 2.25. The maximum absolute atomic E-state index is 12.1. The van der Waals surface area contributed by atoms with Crippen LogP contribution in [0.2, 0.25) is 0 Å². The Bertz CT molecular complexity index is 506. The SMILES string of the molecule is Cc1nnc(SC(C)C(=O)NC2CC2)n1C1CCCCC1. The Kier molecular flexibility index (Phi) is 4.52. The van der Waals surface area contributed by atoms with Crippen molar-refractivity contribution < 1.29 is 4.79 Å². The zero-order valence-corrected chi connectivity index (χ0v) is 13.7. The normalized spacial score (nSPS) is 21.2. The van der Waals surface area contributed by atoms with E-state index in [-0.39, 0.29) is 11.2 Å². The molecule has 1 N–H and O–H groups in total. The molecule has 116 valence electrons. The average Bonchev–Trinajstić information content (AvgIpc) is 3.22. The van der Waals surface area contributed by atoms with E-state index < -0.39 is 0 Å². The van der Waals surface area contributed by atoms with Gasteiger partial charge < -0.3 is 9.88 Å². The van der Waals surface area contributed by atoms with E-state index in [1.807, 2.05) is 13.8 Å². The third-order valence-corrected chi connectivity index (χ3v) is 5.41. The first-order valence-electron chi connectivity index (χ1n) is 8.03. The number of nitrogens with one attached hydrogen (secondary N) is 1. The van der Waals surface area contributed by atoms with E-state index in [0.717, 1.165) is 23.8 Å². The number of carbonyl (C=O) groups is 1. The maximum atomic E-state index is 12.1. The van der Waals surface area contributed by atoms with Gasteiger partial charge >= 0.3 is 0 Å². The zero-order valence-electron chi connectivity index (χ0n) is 12.8. The van der Waals surface area contributed by atoms with Crippen LogP contribution in [0.25, 0.3) is 0 Å². The second kappa shape index (κ2) is 6.38. The smallest absolute Gasteiger partial charge is 0.233 e. The molecule has 1 amide bonds. The van der Waals surface area contributed by atoms with Crippen LogP contribution >= 0.6 is 11.8 Å². The summed E-state index contributed by atoms with van der Waals surface area (Å²) in [7, 11) is 0. The van der Waals surface area contributed by atoms with Crippen molar-refractivity contribution in [3.63, 3.8) is 0 Å². The Morgan fingerprint density at radius 2 is 1.95 bits per heavy atom. The first-order valence-corrected chi connectivity index (χ1v) is 8.91. The third kappa shape index (κ3) is 3.59. The van der Waals surface area contributed by atoms with Gasteiger partial charge in [0.15, 0.2) is 5.16 Å². The second-order valence-electron chi connectivity index (χ2n) is 6.23. The van der Waals surface area contributed by atoms with E-state index in [2.05, 4.69) is 20.1 Å². The van der Waals surface area contributed by atoms with Crippen molar-refractivity contribution in [1.29, 1.82) is 0 Å². The van der Waals surface area contributed by atoms with Gasteiger partial charge in [-0.05, 0) is 39.5 Å². The molecule has 1 heterocycles. The predicted octanol–water partition coefficient (Wildman–Crippen LogP) is 2.85. The average molecular weight is 308 g/mol. The Labute approximate surface area is 130 Å². The van der Waals surface area contributed by atoms with E-state index in [9.17, 15) is 4.79 Å². The molecule has 1 unspecified atom stereocenters. The Balaban J connectivity index is 1.68. The molecule has 1 aromatic heterocycles. The van der Waals surface area contributed by atoms with Gasteiger partial charge in [-0.3, -0.25) is 4.79 Å². The van der Waals surface area contributed by atoms with Gasteiger partial charge in [-0.1, -0.05) is 31.0 Å². The van der Waals surface area contributed by atoms with Gasteiger partial charge in [0, 0.05) is 12.1 Å². The van der Waals surface area contributed by atoms with E-state index in [1.54, 1.807) is 0 Å². The fourth-order valence-electron chi connectivity index (χ4n) is 2.95. The monoisotopic (exact) mass is 308 g/mol. The molecule has 5 nitrogen and oxygen atoms in total. The first-order chi connectivity index (χ1) is 10.1. The van der Waals surface area contributed by atoms with E-state index in [1.165, 1.54) is 43.9 Å². The summed E-state index contributed by atoms with van der Waals surface area (Å²) in [4.78, 5) is 12.1. The lowest BCUT2D eigenvalue weighted by molar-refractivity contribution is -0.120. The molecule has 0 bridgehead atoms. The van der Waals surface area contributed by atoms with Crippen LogP contribution in [-0.2, 0) is 4.79 Å². The van der Waals surface area contributed by atoms with Gasteiger partial charge in [0.25, 0.3) is 0 Å². The molecule has 0 aliphatic heterocycles. The second-order valence-corrected chi connectivity index (χ2v) is 7.54. The summed E-state index contributed by atoms with van der Waals surface area (Å²) in [6.07, 6.45) is 8.56. The molecular weight excluding hydrogens is 284 g/mol. The maximum Gasteiger partial charge on any atom is 0.233 e. The predicted molar refractivity (Wildman–Crippen MR) is 83.4 cm³/mol. The molecule has 2 saturated carbocycles. The van der Waals surface area contributed by atoms with Gasteiger partial charge in [0.2, 0.25) is 5.91 Å². The minimum atomic E-state index is -0.114. The number of hydrogen-bond acceptors (Lipinski definition) is 4. The zero-order chi connectivity index (χ0) is 14.8. The summed E-state index contributed by atoms with van der Waals surface area (Å²) in [5.74, 6) is 1.09. The Hall–Kier alpha value is -1.04. The van der Waals surface area contributed by atoms with Gasteiger partial charge in [0.1, 0.15) is 5.82 Å². The number of amides is 1. The highest BCUT2D eigenvalue weighted by Gasteiger charge is 2.28. The largest absolute Gasteiger partial charge is 0.352 e. The van der Waals surface area contributed by atoms with Gasteiger partial charge in [-0.2, -0.15) is 0 Å². The van der Waals surface area contributed by atoms with Crippen LogP contribution in [0.15, 0.2) is 5.16 Å². The molecule has 0 saturated heterocycles.